The lowest BCUT2D eigenvalue weighted by molar-refractivity contribution is -0.128. The van der Waals surface area contributed by atoms with Crippen molar-refractivity contribution in [2.24, 2.45) is 0 Å². The van der Waals surface area contributed by atoms with Gasteiger partial charge in [0.05, 0.1) is 6.54 Å². The predicted molar refractivity (Wildman–Crippen MR) is 98.6 cm³/mol. The fraction of sp³-hybridized carbons (Fsp3) is 0.263. The zero-order valence-electron chi connectivity index (χ0n) is 14.0. The van der Waals surface area contributed by atoms with Crippen molar-refractivity contribution >= 4 is 29.1 Å². The van der Waals surface area contributed by atoms with E-state index in [1.165, 1.54) is 0 Å². The lowest BCUT2D eigenvalue weighted by Gasteiger charge is -2.33. The van der Waals surface area contributed by atoms with E-state index in [9.17, 15) is 9.59 Å². The minimum atomic E-state index is -0.535. The monoisotopic (exact) mass is 357 g/mol. The molecule has 1 aliphatic heterocycles. The van der Waals surface area contributed by atoms with E-state index in [1.54, 1.807) is 6.07 Å². The molecule has 0 spiro atoms. The maximum absolute atomic E-state index is 13.0. The molecular weight excluding hydrogens is 338 g/mol. The van der Waals surface area contributed by atoms with E-state index in [1.807, 2.05) is 54.3 Å². The van der Waals surface area contributed by atoms with Crippen LogP contribution in [0.1, 0.15) is 17.2 Å². The highest BCUT2D eigenvalue weighted by Crippen LogP contribution is 2.25. The molecule has 0 aliphatic carbocycles. The number of piperazine rings is 1. The maximum Gasteiger partial charge on any atom is 0.246 e. The summed E-state index contributed by atoms with van der Waals surface area (Å²) in [4.78, 5) is 26.6. The number of benzene rings is 2. The van der Waals surface area contributed by atoms with Crippen LogP contribution in [0.2, 0.25) is 5.02 Å². The maximum atomic E-state index is 13.0. The Bertz CT molecular complexity index is 779. The Labute approximate surface area is 152 Å². The van der Waals surface area contributed by atoms with E-state index in [0.29, 0.717) is 23.8 Å². The van der Waals surface area contributed by atoms with Crippen LogP contribution < -0.4 is 10.6 Å². The third-order valence-corrected chi connectivity index (χ3v) is 4.64. The third-order valence-electron chi connectivity index (χ3n) is 4.24. The van der Waals surface area contributed by atoms with Gasteiger partial charge in [-0.15, -0.1) is 0 Å². The summed E-state index contributed by atoms with van der Waals surface area (Å²) in [5.41, 5.74) is 2.45. The first kappa shape index (κ1) is 17.5. The van der Waals surface area contributed by atoms with Crippen molar-refractivity contribution in [2.45, 2.75) is 13.0 Å². The van der Waals surface area contributed by atoms with Crippen LogP contribution in [-0.4, -0.2) is 36.3 Å². The molecule has 130 valence electrons. The molecule has 2 N–H and O–H groups in total. The largest absolute Gasteiger partial charge is 0.354 e. The Morgan fingerprint density at radius 1 is 1.24 bits per heavy atom. The first-order chi connectivity index (χ1) is 12.0. The van der Waals surface area contributed by atoms with Crippen molar-refractivity contribution in [3.05, 3.63) is 64.7 Å². The number of halogens is 1. The SMILES string of the molecule is Cc1ccc(NC(=O)[C@@H](c2ccccc2)N2CCNC(=O)C2)cc1Cl. The van der Waals surface area contributed by atoms with Crippen LogP contribution in [0.5, 0.6) is 0 Å². The Morgan fingerprint density at radius 2 is 2.00 bits per heavy atom. The highest BCUT2D eigenvalue weighted by atomic mass is 35.5. The lowest BCUT2D eigenvalue weighted by atomic mass is 10.0. The summed E-state index contributed by atoms with van der Waals surface area (Å²) in [6.45, 7) is 3.26. The van der Waals surface area contributed by atoms with Gasteiger partial charge in [0.2, 0.25) is 11.8 Å². The van der Waals surface area contributed by atoms with Crippen LogP contribution in [0.4, 0.5) is 5.69 Å². The Kier molecular flexibility index (Phi) is 5.36. The number of amides is 2. The van der Waals surface area contributed by atoms with Crippen LogP contribution in [0.25, 0.3) is 0 Å². The number of nitrogens with one attached hydrogen (secondary N) is 2. The van der Waals surface area contributed by atoms with Crippen LogP contribution in [0.15, 0.2) is 48.5 Å². The summed E-state index contributed by atoms with van der Waals surface area (Å²) in [6, 6.07) is 14.4. The predicted octanol–water partition coefficient (Wildman–Crippen LogP) is 2.76. The van der Waals surface area contributed by atoms with Crippen molar-refractivity contribution in [3.8, 4) is 0 Å². The summed E-state index contributed by atoms with van der Waals surface area (Å²) in [6.07, 6.45) is 0. The molecule has 0 bridgehead atoms. The first-order valence-electron chi connectivity index (χ1n) is 8.17. The molecule has 2 aromatic rings. The Hall–Kier alpha value is -2.37. The van der Waals surface area contributed by atoms with Crippen molar-refractivity contribution in [1.82, 2.24) is 10.2 Å². The summed E-state index contributed by atoms with van der Waals surface area (Å²) in [7, 11) is 0. The second-order valence-corrected chi connectivity index (χ2v) is 6.49. The highest BCUT2D eigenvalue weighted by molar-refractivity contribution is 6.31. The van der Waals surface area contributed by atoms with Gasteiger partial charge in [0.1, 0.15) is 6.04 Å². The summed E-state index contributed by atoms with van der Waals surface area (Å²) in [5, 5.41) is 6.32. The number of hydrogen-bond donors (Lipinski definition) is 2. The van der Waals surface area contributed by atoms with E-state index in [0.717, 1.165) is 11.1 Å². The highest BCUT2D eigenvalue weighted by Gasteiger charge is 2.31. The second kappa shape index (κ2) is 7.68. The number of hydrogen-bond acceptors (Lipinski definition) is 3. The number of nitrogens with zero attached hydrogens (tertiary/aromatic N) is 1. The van der Waals surface area contributed by atoms with E-state index in [2.05, 4.69) is 10.6 Å². The molecule has 3 rings (SSSR count). The molecule has 1 aliphatic rings. The van der Waals surface area contributed by atoms with Crippen LogP contribution in [0, 0.1) is 6.92 Å². The summed E-state index contributed by atoms with van der Waals surface area (Å²) < 4.78 is 0. The number of anilines is 1. The first-order valence-corrected chi connectivity index (χ1v) is 8.55. The molecule has 2 aromatic carbocycles. The molecule has 0 unspecified atom stereocenters. The topological polar surface area (TPSA) is 61.4 Å². The molecule has 1 fully saturated rings. The number of carbonyl (C=O) groups is 2. The smallest absolute Gasteiger partial charge is 0.246 e. The number of carbonyl (C=O) groups excluding carboxylic acids is 2. The average molecular weight is 358 g/mol. The normalized spacial score (nSPS) is 16.2. The molecule has 1 heterocycles. The van der Waals surface area contributed by atoms with Crippen molar-refractivity contribution in [1.29, 1.82) is 0 Å². The second-order valence-electron chi connectivity index (χ2n) is 6.09. The molecule has 25 heavy (non-hydrogen) atoms. The molecule has 6 heteroatoms. The van der Waals surface area contributed by atoms with Gasteiger partial charge in [0, 0.05) is 23.8 Å². The van der Waals surface area contributed by atoms with Gasteiger partial charge in [-0.25, -0.2) is 0 Å². The van der Waals surface area contributed by atoms with Crippen LogP contribution >= 0.6 is 11.6 Å². The van der Waals surface area contributed by atoms with Gasteiger partial charge in [0.25, 0.3) is 0 Å². The van der Waals surface area contributed by atoms with Gasteiger partial charge < -0.3 is 10.6 Å². The molecular formula is C19H20ClN3O2. The minimum absolute atomic E-state index is 0.0710. The zero-order chi connectivity index (χ0) is 17.8. The lowest BCUT2D eigenvalue weighted by Crippen LogP contribution is -2.51. The minimum Gasteiger partial charge on any atom is -0.354 e. The summed E-state index contributed by atoms with van der Waals surface area (Å²) >= 11 is 6.15. The van der Waals surface area contributed by atoms with Gasteiger partial charge in [-0.05, 0) is 30.2 Å². The van der Waals surface area contributed by atoms with Crippen LogP contribution in [-0.2, 0) is 9.59 Å². The van der Waals surface area contributed by atoms with Gasteiger partial charge in [-0.1, -0.05) is 48.0 Å². The molecule has 0 radical (unpaired) electrons. The fourth-order valence-corrected chi connectivity index (χ4v) is 3.10. The molecule has 1 atom stereocenters. The molecule has 0 aromatic heterocycles. The quantitative estimate of drug-likeness (QED) is 0.884. The fourth-order valence-electron chi connectivity index (χ4n) is 2.92. The zero-order valence-corrected chi connectivity index (χ0v) is 14.7. The van der Waals surface area contributed by atoms with E-state index in [4.69, 9.17) is 11.6 Å². The van der Waals surface area contributed by atoms with Gasteiger partial charge in [-0.3, -0.25) is 14.5 Å². The number of rotatable bonds is 4. The Balaban J connectivity index is 1.86. The van der Waals surface area contributed by atoms with E-state index in [-0.39, 0.29) is 18.4 Å². The van der Waals surface area contributed by atoms with Gasteiger partial charge in [-0.2, -0.15) is 0 Å². The number of aryl methyl sites for hydroxylation is 1. The van der Waals surface area contributed by atoms with Crippen LogP contribution in [0.3, 0.4) is 0 Å². The molecule has 1 saturated heterocycles. The standard InChI is InChI=1S/C19H20ClN3O2/c1-13-7-8-15(11-16(13)20)22-19(25)18(14-5-3-2-4-6-14)23-10-9-21-17(24)12-23/h2-8,11,18H,9-10,12H2,1H3,(H,21,24)(H,22,25)/t18-/m1/s1. The molecule has 0 saturated carbocycles. The van der Waals surface area contributed by atoms with Crippen molar-refractivity contribution < 1.29 is 9.59 Å². The summed E-state index contributed by atoms with van der Waals surface area (Å²) in [5.74, 6) is -0.251. The van der Waals surface area contributed by atoms with Crippen molar-refractivity contribution in [3.63, 3.8) is 0 Å². The average Bonchev–Trinajstić information content (AvgIpc) is 2.59. The molecule has 5 nitrogen and oxygen atoms in total. The Morgan fingerprint density at radius 3 is 2.68 bits per heavy atom. The third kappa shape index (κ3) is 4.18. The van der Waals surface area contributed by atoms with E-state index < -0.39 is 6.04 Å². The van der Waals surface area contributed by atoms with Crippen molar-refractivity contribution in [2.75, 3.05) is 25.0 Å². The van der Waals surface area contributed by atoms with Gasteiger partial charge in [0.15, 0.2) is 0 Å². The van der Waals surface area contributed by atoms with E-state index >= 15 is 0 Å². The molecule has 2 amide bonds. The van der Waals surface area contributed by atoms with Gasteiger partial charge >= 0.3 is 0 Å².